The molecule has 1 aromatic heterocycles. The summed E-state index contributed by atoms with van der Waals surface area (Å²) < 4.78 is 12.7. The van der Waals surface area contributed by atoms with Crippen LogP contribution < -0.4 is 9.47 Å². The van der Waals surface area contributed by atoms with E-state index in [9.17, 15) is 4.79 Å². The van der Waals surface area contributed by atoms with Gasteiger partial charge in [-0.05, 0) is 49.1 Å². The number of ether oxygens (including phenoxy) is 2. The molecular weight excluding hydrogens is 416 g/mol. The van der Waals surface area contributed by atoms with Crippen molar-refractivity contribution < 1.29 is 14.3 Å². The zero-order valence-corrected chi connectivity index (χ0v) is 19.3. The molecule has 0 saturated carbocycles. The number of benzene rings is 2. The van der Waals surface area contributed by atoms with Gasteiger partial charge in [-0.2, -0.15) is 5.10 Å². The predicted octanol–water partition coefficient (Wildman–Crippen LogP) is 3.34. The Balaban J connectivity index is 1.26. The Bertz CT molecular complexity index is 1130. The van der Waals surface area contributed by atoms with E-state index in [1.807, 2.05) is 52.0 Å². The molecule has 33 heavy (non-hydrogen) atoms. The van der Waals surface area contributed by atoms with Crippen molar-refractivity contribution in [2.24, 2.45) is 0 Å². The lowest BCUT2D eigenvalue weighted by molar-refractivity contribution is 0.0621. The minimum Gasteiger partial charge on any atom is -0.493 e. The molecule has 2 aliphatic rings. The number of amides is 1. The number of methoxy groups -OCH3 is 2. The fraction of sp³-hybridized carbons (Fsp3) is 0.385. The third-order valence-electron chi connectivity index (χ3n) is 6.65. The van der Waals surface area contributed by atoms with E-state index >= 15 is 0 Å². The third-order valence-corrected chi connectivity index (χ3v) is 6.65. The molecular formula is C26H30N4O3. The number of para-hydroxylation sites is 1. The van der Waals surface area contributed by atoms with Crippen molar-refractivity contribution in [1.82, 2.24) is 19.6 Å². The van der Waals surface area contributed by atoms with Crippen LogP contribution in [0.15, 0.2) is 48.5 Å². The molecule has 0 N–H and O–H groups in total. The highest BCUT2D eigenvalue weighted by Crippen LogP contribution is 2.30. The molecule has 2 aromatic carbocycles. The Morgan fingerprint density at radius 1 is 0.939 bits per heavy atom. The van der Waals surface area contributed by atoms with Crippen molar-refractivity contribution in [2.75, 3.05) is 40.4 Å². The van der Waals surface area contributed by atoms with Gasteiger partial charge in [0.2, 0.25) is 0 Å². The van der Waals surface area contributed by atoms with Gasteiger partial charge in [-0.3, -0.25) is 9.69 Å². The molecule has 7 nitrogen and oxygen atoms in total. The Morgan fingerprint density at radius 2 is 1.70 bits per heavy atom. The lowest BCUT2D eigenvalue weighted by Crippen LogP contribution is -2.48. The standard InChI is InChI=1S/C26H30N4O3/c1-32-23-12-11-19(17-24(23)33-2)18-28-13-15-29(16-14-28)26(31)25-21-9-6-10-22(21)30(27-25)20-7-4-3-5-8-20/h3-5,7-8,11-12,17H,6,9-10,13-16,18H2,1-2H3. The molecule has 172 valence electrons. The van der Waals surface area contributed by atoms with Gasteiger partial charge in [-0.15, -0.1) is 0 Å². The predicted molar refractivity (Wildman–Crippen MR) is 126 cm³/mol. The summed E-state index contributed by atoms with van der Waals surface area (Å²) >= 11 is 0. The fourth-order valence-electron chi connectivity index (χ4n) is 4.89. The minimum absolute atomic E-state index is 0.0635. The molecule has 0 unspecified atom stereocenters. The van der Waals surface area contributed by atoms with Crippen LogP contribution in [0.25, 0.3) is 5.69 Å². The summed E-state index contributed by atoms with van der Waals surface area (Å²) in [7, 11) is 3.30. The van der Waals surface area contributed by atoms with Crippen LogP contribution in [0.2, 0.25) is 0 Å². The van der Waals surface area contributed by atoms with Crippen molar-refractivity contribution in [3.05, 3.63) is 71.0 Å². The first kappa shape index (κ1) is 21.5. The van der Waals surface area contributed by atoms with Gasteiger partial charge >= 0.3 is 0 Å². The smallest absolute Gasteiger partial charge is 0.274 e. The van der Waals surface area contributed by atoms with Crippen molar-refractivity contribution in [3.63, 3.8) is 0 Å². The normalized spacial score (nSPS) is 16.0. The average molecular weight is 447 g/mol. The number of carbonyl (C=O) groups excluding carboxylic acids is 1. The van der Waals surface area contributed by atoms with Gasteiger partial charge < -0.3 is 14.4 Å². The highest BCUT2D eigenvalue weighted by molar-refractivity contribution is 5.94. The monoisotopic (exact) mass is 446 g/mol. The SMILES string of the molecule is COc1ccc(CN2CCN(C(=O)c3nn(-c4ccccc4)c4c3CCC4)CC2)cc1OC. The molecule has 1 aliphatic heterocycles. The summed E-state index contributed by atoms with van der Waals surface area (Å²) in [6.07, 6.45) is 2.99. The fourth-order valence-corrected chi connectivity index (χ4v) is 4.89. The second kappa shape index (κ2) is 9.27. The first-order chi connectivity index (χ1) is 16.2. The van der Waals surface area contributed by atoms with Crippen molar-refractivity contribution in [3.8, 4) is 17.2 Å². The Morgan fingerprint density at radius 3 is 2.42 bits per heavy atom. The van der Waals surface area contributed by atoms with Crippen LogP contribution in [-0.2, 0) is 19.4 Å². The number of piperazine rings is 1. The number of nitrogens with zero attached hydrogens (tertiary/aromatic N) is 4. The number of fused-ring (bicyclic) bond motifs is 1. The van der Waals surface area contributed by atoms with E-state index in [-0.39, 0.29) is 5.91 Å². The lowest BCUT2D eigenvalue weighted by atomic mass is 10.1. The van der Waals surface area contributed by atoms with Crippen molar-refractivity contribution in [1.29, 1.82) is 0 Å². The molecule has 0 bridgehead atoms. The molecule has 2 heterocycles. The maximum absolute atomic E-state index is 13.4. The quantitative estimate of drug-likeness (QED) is 0.581. The Labute approximate surface area is 194 Å². The van der Waals surface area contributed by atoms with E-state index < -0.39 is 0 Å². The Hall–Kier alpha value is -3.32. The van der Waals surface area contributed by atoms with E-state index in [1.54, 1.807) is 14.2 Å². The minimum atomic E-state index is 0.0635. The lowest BCUT2D eigenvalue weighted by Gasteiger charge is -2.34. The van der Waals surface area contributed by atoms with Gasteiger partial charge in [0, 0.05) is 44.0 Å². The first-order valence-corrected chi connectivity index (χ1v) is 11.6. The summed E-state index contributed by atoms with van der Waals surface area (Å²) in [6, 6.07) is 16.2. The van der Waals surface area contributed by atoms with Crippen molar-refractivity contribution in [2.45, 2.75) is 25.8 Å². The molecule has 0 spiro atoms. The summed E-state index contributed by atoms with van der Waals surface area (Å²) in [5.74, 6) is 1.54. The molecule has 7 heteroatoms. The van der Waals surface area contributed by atoms with E-state index in [1.165, 1.54) is 11.3 Å². The molecule has 1 amide bonds. The van der Waals surface area contributed by atoms with E-state index in [0.29, 0.717) is 18.8 Å². The number of hydrogen-bond acceptors (Lipinski definition) is 5. The molecule has 1 saturated heterocycles. The zero-order valence-electron chi connectivity index (χ0n) is 19.3. The highest BCUT2D eigenvalue weighted by atomic mass is 16.5. The van der Waals surface area contributed by atoms with E-state index in [4.69, 9.17) is 14.6 Å². The van der Waals surface area contributed by atoms with Crippen LogP contribution in [0.3, 0.4) is 0 Å². The van der Waals surface area contributed by atoms with Crippen LogP contribution in [-0.4, -0.2) is 65.9 Å². The van der Waals surface area contributed by atoms with Gasteiger partial charge in [0.25, 0.3) is 5.91 Å². The van der Waals surface area contributed by atoms with E-state index in [0.717, 1.165) is 61.6 Å². The van der Waals surface area contributed by atoms with Crippen LogP contribution in [0.4, 0.5) is 0 Å². The van der Waals surface area contributed by atoms with Gasteiger partial charge in [0.05, 0.1) is 19.9 Å². The topological polar surface area (TPSA) is 59.8 Å². The maximum Gasteiger partial charge on any atom is 0.274 e. The molecule has 5 rings (SSSR count). The molecule has 1 fully saturated rings. The molecule has 0 radical (unpaired) electrons. The summed E-state index contributed by atoms with van der Waals surface area (Å²) in [5, 5.41) is 4.79. The van der Waals surface area contributed by atoms with Gasteiger partial charge in [0.15, 0.2) is 17.2 Å². The maximum atomic E-state index is 13.4. The first-order valence-electron chi connectivity index (χ1n) is 11.6. The number of carbonyl (C=O) groups is 1. The molecule has 1 aliphatic carbocycles. The number of rotatable bonds is 6. The second-order valence-electron chi connectivity index (χ2n) is 8.63. The van der Waals surface area contributed by atoms with Gasteiger partial charge in [-0.1, -0.05) is 24.3 Å². The average Bonchev–Trinajstić information content (AvgIpc) is 3.48. The highest BCUT2D eigenvalue weighted by Gasteiger charge is 2.31. The van der Waals surface area contributed by atoms with Crippen LogP contribution in [0, 0.1) is 0 Å². The van der Waals surface area contributed by atoms with Crippen LogP contribution in [0.1, 0.15) is 33.7 Å². The second-order valence-corrected chi connectivity index (χ2v) is 8.63. The molecule has 3 aromatic rings. The van der Waals surface area contributed by atoms with Gasteiger partial charge in [0.1, 0.15) is 0 Å². The largest absolute Gasteiger partial charge is 0.493 e. The van der Waals surface area contributed by atoms with Crippen LogP contribution >= 0.6 is 0 Å². The molecule has 0 atom stereocenters. The van der Waals surface area contributed by atoms with Crippen molar-refractivity contribution >= 4 is 5.91 Å². The Kier molecular flexibility index (Phi) is 6.05. The third kappa shape index (κ3) is 4.20. The van der Waals surface area contributed by atoms with E-state index in [2.05, 4.69) is 11.0 Å². The van der Waals surface area contributed by atoms with Crippen LogP contribution in [0.5, 0.6) is 11.5 Å². The summed E-state index contributed by atoms with van der Waals surface area (Å²) in [6.45, 7) is 3.90. The zero-order chi connectivity index (χ0) is 22.8. The summed E-state index contributed by atoms with van der Waals surface area (Å²) in [5.41, 5.74) is 5.16. The summed E-state index contributed by atoms with van der Waals surface area (Å²) in [4.78, 5) is 17.8. The van der Waals surface area contributed by atoms with Gasteiger partial charge in [-0.25, -0.2) is 4.68 Å². The number of aromatic nitrogens is 2. The number of hydrogen-bond donors (Lipinski definition) is 0.